The molecule has 1 N–H and O–H groups in total. The van der Waals surface area contributed by atoms with Crippen LogP contribution in [0.4, 0.5) is 0 Å². The lowest BCUT2D eigenvalue weighted by Gasteiger charge is -2.37. The van der Waals surface area contributed by atoms with Gasteiger partial charge < -0.3 is 9.64 Å². The van der Waals surface area contributed by atoms with E-state index in [1.807, 2.05) is 4.90 Å². The summed E-state index contributed by atoms with van der Waals surface area (Å²) >= 11 is 2.18. The Balaban J connectivity index is 2.07. The topological polar surface area (TPSA) is 44.8 Å². The highest BCUT2D eigenvalue weighted by Crippen LogP contribution is 2.07. The molecule has 0 unspecified atom stereocenters. The van der Waals surface area contributed by atoms with Crippen molar-refractivity contribution in [2.45, 2.75) is 26.3 Å². The van der Waals surface area contributed by atoms with Gasteiger partial charge >= 0.3 is 0 Å². The van der Waals surface area contributed by atoms with Gasteiger partial charge in [-0.25, -0.2) is 0 Å². The van der Waals surface area contributed by atoms with Crippen LogP contribution in [0, 0.1) is 0 Å². The van der Waals surface area contributed by atoms with Crippen molar-refractivity contribution in [3.05, 3.63) is 0 Å². The second-order valence-electron chi connectivity index (χ2n) is 4.84. The van der Waals surface area contributed by atoms with Gasteiger partial charge in [0.1, 0.15) is 0 Å². The lowest BCUT2D eigenvalue weighted by molar-refractivity contribution is -0.134. The molecule has 1 fully saturated rings. The molecular formula is C12H24IN3O2S. The molecule has 0 aromatic rings. The highest BCUT2D eigenvalue weighted by Gasteiger charge is 2.21. The van der Waals surface area contributed by atoms with E-state index >= 15 is 0 Å². The van der Waals surface area contributed by atoms with Gasteiger partial charge in [-0.05, 0) is 23.0 Å². The number of carbonyl (C=O) groups is 1. The standard InChI is InChI=1S/C12H24IN3O2S/c1-11(2)15-5-7-16(8-6-15)12(17)3-9-18-10-4-14-19-13/h11,14H,3-10H2,1-2H3. The normalized spacial score (nSPS) is 17.2. The van der Waals surface area contributed by atoms with Crippen LogP contribution >= 0.6 is 30.3 Å². The van der Waals surface area contributed by atoms with Crippen LogP contribution < -0.4 is 4.72 Å². The van der Waals surface area contributed by atoms with Gasteiger partial charge in [-0.2, -0.15) is 0 Å². The van der Waals surface area contributed by atoms with E-state index < -0.39 is 0 Å². The summed E-state index contributed by atoms with van der Waals surface area (Å²) in [5.74, 6) is 0.222. The quantitative estimate of drug-likeness (QED) is 0.380. The van der Waals surface area contributed by atoms with Crippen LogP contribution in [0.2, 0.25) is 0 Å². The molecule has 0 aromatic heterocycles. The molecule has 1 aliphatic rings. The van der Waals surface area contributed by atoms with Gasteiger partial charge in [0.2, 0.25) is 5.91 Å². The molecule has 0 aromatic carbocycles. The van der Waals surface area contributed by atoms with E-state index in [1.165, 1.54) is 0 Å². The molecule has 1 heterocycles. The average molecular weight is 401 g/mol. The molecule has 0 aliphatic carbocycles. The fourth-order valence-corrected chi connectivity index (χ4v) is 2.88. The smallest absolute Gasteiger partial charge is 0.224 e. The van der Waals surface area contributed by atoms with E-state index in [-0.39, 0.29) is 5.91 Å². The molecule has 1 aliphatic heterocycles. The van der Waals surface area contributed by atoms with Crippen molar-refractivity contribution in [1.82, 2.24) is 14.5 Å². The monoisotopic (exact) mass is 401 g/mol. The summed E-state index contributed by atoms with van der Waals surface area (Å²) in [5, 5.41) is 0. The SMILES string of the molecule is CC(C)N1CCN(C(=O)CCOCCNSI)CC1. The molecule has 0 bridgehead atoms. The minimum absolute atomic E-state index is 0.222. The Morgan fingerprint density at radius 1 is 1.32 bits per heavy atom. The summed E-state index contributed by atoms with van der Waals surface area (Å²) in [4.78, 5) is 16.3. The Bertz CT molecular complexity index is 261. The maximum atomic E-state index is 12.0. The lowest BCUT2D eigenvalue weighted by atomic mass is 10.2. The molecule has 7 heteroatoms. The number of piperazine rings is 1. The van der Waals surface area contributed by atoms with Crippen LogP contribution in [-0.4, -0.2) is 67.7 Å². The first-order chi connectivity index (χ1) is 9.15. The summed E-state index contributed by atoms with van der Waals surface area (Å²) < 4.78 is 8.51. The molecule has 0 spiro atoms. The maximum Gasteiger partial charge on any atom is 0.224 e. The van der Waals surface area contributed by atoms with Gasteiger partial charge in [0.25, 0.3) is 0 Å². The van der Waals surface area contributed by atoms with Crippen LogP contribution in [0.3, 0.4) is 0 Å². The van der Waals surface area contributed by atoms with Crippen LogP contribution in [0.15, 0.2) is 0 Å². The van der Waals surface area contributed by atoms with Crippen LogP contribution in [0.25, 0.3) is 0 Å². The Morgan fingerprint density at radius 2 is 2.00 bits per heavy atom. The zero-order chi connectivity index (χ0) is 14.1. The third-order valence-corrected chi connectivity index (χ3v) is 4.51. The van der Waals surface area contributed by atoms with E-state index in [9.17, 15) is 4.79 Å². The number of ether oxygens (including phenoxy) is 1. The van der Waals surface area contributed by atoms with E-state index in [2.05, 4.69) is 44.7 Å². The fourth-order valence-electron chi connectivity index (χ4n) is 2.06. The molecule has 0 saturated carbocycles. The number of amides is 1. The van der Waals surface area contributed by atoms with Gasteiger partial charge in [-0.3, -0.25) is 14.4 Å². The molecule has 1 saturated heterocycles. The molecule has 5 nitrogen and oxygen atoms in total. The largest absolute Gasteiger partial charge is 0.380 e. The Labute approximate surface area is 132 Å². The van der Waals surface area contributed by atoms with Crippen molar-refractivity contribution in [1.29, 1.82) is 0 Å². The number of rotatable bonds is 8. The molecule has 1 rings (SSSR count). The molecule has 0 atom stereocenters. The first-order valence-electron chi connectivity index (χ1n) is 6.75. The molecule has 1 amide bonds. The molecule has 0 radical (unpaired) electrons. The van der Waals surface area contributed by atoms with Gasteiger partial charge in [-0.15, -0.1) is 0 Å². The van der Waals surface area contributed by atoms with Gasteiger partial charge in [-0.1, -0.05) is 0 Å². The zero-order valence-electron chi connectivity index (χ0n) is 11.7. The number of hydrogen-bond donors (Lipinski definition) is 1. The van der Waals surface area contributed by atoms with Crippen LogP contribution in [-0.2, 0) is 9.53 Å². The third-order valence-electron chi connectivity index (χ3n) is 3.26. The number of hydrogen-bond acceptors (Lipinski definition) is 5. The Hall–Kier alpha value is 0.430. The Morgan fingerprint density at radius 3 is 2.58 bits per heavy atom. The minimum Gasteiger partial charge on any atom is -0.380 e. The van der Waals surface area contributed by atoms with Gasteiger partial charge in [0.15, 0.2) is 0 Å². The van der Waals surface area contributed by atoms with Crippen molar-refractivity contribution in [3.8, 4) is 0 Å². The first kappa shape index (κ1) is 17.5. The van der Waals surface area contributed by atoms with E-state index in [0.29, 0.717) is 25.7 Å². The second-order valence-corrected chi connectivity index (χ2v) is 6.61. The fraction of sp³-hybridized carbons (Fsp3) is 0.917. The zero-order valence-corrected chi connectivity index (χ0v) is 14.7. The predicted octanol–water partition coefficient (Wildman–Crippen LogP) is 1.53. The Kier molecular flexibility index (Phi) is 9.38. The van der Waals surface area contributed by atoms with Gasteiger partial charge in [0.05, 0.1) is 19.6 Å². The number of nitrogens with zero attached hydrogens (tertiary/aromatic N) is 2. The van der Waals surface area contributed by atoms with Crippen molar-refractivity contribution in [2.24, 2.45) is 0 Å². The average Bonchev–Trinajstić information content (AvgIpc) is 2.42. The van der Waals surface area contributed by atoms with Gasteiger partial charge in [0, 0.05) is 60.0 Å². The summed E-state index contributed by atoms with van der Waals surface area (Å²) in [6, 6.07) is 0.573. The minimum atomic E-state index is 0.222. The van der Waals surface area contributed by atoms with E-state index in [1.54, 1.807) is 9.12 Å². The van der Waals surface area contributed by atoms with Crippen molar-refractivity contribution in [2.75, 3.05) is 45.9 Å². The number of halogens is 1. The molecule has 19 heavy (non-hydrogen) atoms. The van der Waals surface area contributed by atoms with Crippen molar-refractivity contribution in [3.63, 3.8) is 0 Å². The van der Waals surface area contributed by atoms with E-state index in [4.69, 9.17) is 4.74 Å². The summed E-state index contributed by atoms with van der Waals surface area (Å²) in [5.41, 5.74) is 0. The summed E-state index contributed by atoms with van der Waals surface area (Å²) in [6.45, 7) is 10.1. The second kappa shape index (κ2) is 10.2. The first-order valence-corrected chi connectivity index (χ1v) is 10.1. The third kappa shape index (κ3) is 7.12. The number of carbonyl (C=O) groups excluding carboxylic acids is 1. The summed E-state index contributed by atoms with van der Waals surface area (Å²) in [7, 11) is 1.55. The van der Waals surface area contributed by atoms with Crippen molar-refractivity contribution < 1.29 is 9.53 Å². The molecular weight excluding hydrogens is 377 g/mol. The molecule has 112 valence electrons. The maximum absolute atomic E-state index is 12.0. The van der Waals surface area contributed by atoms with Crippen molar-refractivity contribution >= 4 is 36.2 Å². The number of nitrogens with one attached hydrogen (secondary N) is 1. The predicted molar refractivity (Wildman–Crippen MR) is 88.3 cm³/mol. The lowest BCUT2D eigenvalue weighted by Crippen LogP contribution is -2.50. The van der Waals surface area contributed by atoms with Crippen LogP contribution in [0.1, 0.15) is 20.3 Å². The van der Waals surface area contributed by atoms with E-state index in [0.717, 1.165) is 32.7 Å². The highest BCUT2D eigenvalue weighted by atomic mass is 127. The summed E-state index contributed by atoms with van der Waals surface area (Å²) in [6.07, 6.45) is 0.499. The van der Waals surface area contributed by atoms with Crippen LogP contribution in [0.5, 0.6) is 0 Å². The highest BCUT2D eigenvalue weighted by molar-refractivity contribution is 14.2.